The molecule has 25 heavy (non-hydrogen) atoms. The number of aromatic amines is 1. The highest BCUT2D eigenvalue weighted by Crippen LogP contribution is 2.27. The van der Waals surface area contributed by atoms with Gasteiger partial charge in [0.15, 0.2) is 6.61 Å². The summed E-state index contributed by atoms with van der Waals surface area (Å²) in [5.74, 6) is 0.381. The number of nitrogens with zero attached hydrogens (tertiary/aromatic N) is 2. The van der Waals surface area contributed by atoms with Crippen LogP contribution in [-0.4, -0.2) is 28.9 Å². The Labute approximate surface area is 145 Å². The molecule has 5 nitrogen and oxygen atoms in total. The van der Waals surface area contributed by atoms with E-state index in [-0.39, 0.29) is 12.5 Å². The number of rotatable bonds is 3. The molecule has 2 aromatic carbocycles. The third-order valence-electron chi connectivity index (χ3n) is 4.59. The lowest BCUT2D eigenvalue weighted by molar-refractivity contribution is -0.134. The number of aromatic nitrogens is 1. The van der Waals surface area contributed by atoms with E-state index in [2.05, 4.69) is 23.2 Å². The first-order valence-electron chi connectivity index (χ1n) is 8.24. The fourth-order valence-corrected chi connectivity index (χ4v) is 3.30. The molecule has 0 aliphatic carbocycles. The van der Waals surface area contributed by atoms with Gasteiger partial charge >= 0.3 is 0 Å². The van der Waals surface area contributed by atoms with Gasteiger partial charge in [0.05, 0.1) is 5.56 Å². The van der Waals surface area contributed by atoms with Crippen LogP contribution >= 0.6 is 0 Å². The van der Waals surface area contributed by atoms with Crippen molar-refractivity contribution in [2.24, 2.45) is 0 Å². The molecule has 4 rings (SSSR count). The van der Waals surface area contributed by atoms with Crippen molar-refractivity contribution in [3.63, 3.8) is 0 Å². The zero-order valence-corrected chi connectivity index (χ0v) is 13.7. The van der Waals surface area contributed by atoms with E-state index in [1.54, 1.807) is 24.3 Å². The molecule has 1 N–H and O–H groups in total. The largest absolute Gasteiger partial charge is 0.482 e. The summed E-state index contributed by atoms with van der Waals surface area (Å²) in [5.41, 5.74) is 3.95. The van der Waals surface area contributed by atoms with Gasteiger partial charge in [-0.25, -0.2) is 0 Å². The molecular formula is C20H17N3O2. The van der Waals surface area contributed by atoms with E-state index in [0.717, 1.165) is 11.9 Å². The van der Waals surface area contributed by atoms with Crippen LogP contribution in [0.2, 0.25) is 0 Å². The van der Waals surface area contributed by atoms with Gasteiger partial charge in [0, 0.05) is 41.7 Å². The minimum Gasteiger partial charge on any atom is -0.482 e. The number of nitriles is 1. The van der Waals surface area contributed by atoms with Crippen LogP contribution in [-0.2, 0) is 17.8 Å². The monoisotopic (exact) mass is 331 g/mol. The van der Waals surface area contributed by atoms with Crippen molar-refractivity contribution in [1.82, 2.24) is 9.88 Å². The standard InChI is InChI=1S/C20H17N3O2/c21-11-14-5-1-4-8-19(14)25-13-20(24)23-10-9-18-16(12-23)15-6-2-3-7-17(15)22-18/h1-8,22H,9-10,12-13H2. The van der Waals surface area contributed by atoms with E-state index in [9.17, 15) is 4.79 Å². The van der Waals surface area contributed by atoms with Crippen LogP contribution in [0.3, 0.4) is 0 Å². The van der Waals surface area contributed by atoms with E-state index in [1.807, 2.05) is 17.0 Å². The summed E-state index contributed by atoms with van der Waals surface area (Å²) in [7, 11) is 0. The topological polar surface area (TPSA) is 69.1 Å². The smallest absolute Gasteiger partial charge is 0.260 e. The maximum Gasteiger partial charge on any atom is 0.260 e. The molecule has 1 aliphatic heterocycles. The van der Waals surface area contributed by atoms with Crippen LogP contribution in [0.25, 0.3) is 10.9 Å². The molecule has 1 aromatic heterocycles. The van der Waals surface area contributed by atoms with Crippen LogP contribution in [0.4, 0.5) is 0 Å². The Bertz CT molecular complexity index is 984. The number of nitrogens with one attached hydrogen (secondary N) is 1. The third kappa shape index (κ3) is 2.83. The lowest BCUT2D eigenvalue weighted by Gasteiger charge is -2.27. The number of carbonyl (C=O) groups excluding carboxylic acids is 1. The average molecular weight is 331 g/mol. The van der Waals surface area contributed by atoms with Gasteiger partial charge in [-0.05, 0) is 18.2 Å². The second kappa shape index (κ2) is 6.33. The molecule has 0 atom stereocenters. The molecule has 0 bridgehead atoms. The minimum atomic E-state index is -0.0660. The number of amides is 1. The van der Waals surface area contributed by atoms with E-state index >= 15 is 0 Å². The number of benzene rings is 2. The zero-order chi connectivity index (χ0) is 17.2. The maximum absolute atomic E-state index is 12.5. The number of hydrogen-bond acceptors (Lipinski definition) is 3. The van der Waals surface area contributed by atoms with Gasteiger partial charge in [0.2, 0.25) is 0 Å². The van der Waals surface area contributed by atoms with Crippen molar-refractivity contribution < 1.29 is 9.53 Å². The van der Waals surface area contributed by atoms with Gasteiger partial charge in [0.25, 0.3) is 5.91 Å². The fourth-order valence-electron chi connectivity index (χ4n) is 3.30. The molecule has 0 saturated carbocycles. The second-order valence-electron chi connectivity index (χ2n) is 6.09. The zero-order valence-electron chi connectivity index (χ0n) is 13.7. The Kier molecular flexibility index (Phi) is 3.87. The molecule has 1 amide bonds. The van der Waals surface area contributed by atoms with Crippen LogP contribution in [0.1, 0.15) is 16.8 Å². The molecule has 0 saturated heterocycles. The molecule has 2 heterocycles. The van der Waals surface area contributed by atoms with E-state index < -0.39 is 0 Å². The Morgan fingerprint density at radius 2 is 2.00 bits per heavy atom. The van der Waals surface area contributed by atoms with Gasteiger partial charge in [-0.1, -0.05) is 30.3 Å². The molecule has 0 unspecified atom stereocenters. The van der Waals surface area contributed by atoms with Crippen molar-refractivity contribution in [1.29, 1.82) is 5.26 Å². The highest BCUT2D eigenvalue weighted by Gasteiger charge is 2.24. The molecule has 1 aliphatic rings. The molecular weight excluding hydrogens is 314 g/mol. The lowest BCUT2D eigenvalue weighted by atomic mass is 10.0. The Morgan fingerprint density at radius 1 is 1.20 bits per heavy atom. The number of hydrogen-bond donors (Lipinski definition) is 1. The number of carbonyl (C=O) groups is 1. The highest BCUT2D eigenvalue weighted by atomic mass is 16.5. The first-order valence-corrected chi connectivity index (χ1v) is 8.24. The third-order valence-corrected chi connectivity index (χ3v) is 4.59. The van der Waals surface area contributed by atoms with Gasteiger partial charge in [-0.2, -0.15) is 5.26 Å². The summed E-state index contributed by atoms with van der Waals surface area (Å²) >= 11 is 0. The van der Waals surface area contributed by atoms with E-state index in [1.165, 1.54) is 16.6 Å². The summed E-state index contributed by atoms with van der Waals surface area (Å²) in [6.07, 6.45) is 0.810. The van der Waals surface area contributed by atoms with Crippen LogP contribution < -0.4 is 4.74 Å². The summed E-state index contributed by atoms with van der Waals surface area (Å²) in [5, 5.41) is 10.3. The second-order valence-corrected chi connectivity index (χ2v) is 6.09. The number of para-hydroxylation sites is 2. The molecule has 124 valence electrons. The molecule has 3 aromatic rings. The van der Waals surface area contributed by atoms with Crippen molar-refractivity contribution in [2.75, 3.05) is 13.2 Å². The fraction of sp³-hybridized carbons (Fsp3) is 0.200. The SMILES string of the molecule is N#Cc1ccccc1OCC(=O)N1CCc2[nH]c3ccccc3c2C1. The van der Waals surface area contributed by atoms with Gasteiger partial charge in [-0.15, -0.1) is 0 Å². The van der Waals surface area contributed by atoms with Crippen molar-refractivity contribution in [2.45, 2.75) is 13.0 Å². The van der Waals surface area contributed by atoms with E-state index in [0.29, 0.717) is 24.4 Å². The molecule has 0 fully saturated rings. The summed E-state index contributed by atoms with van der Waals surface area (Å²) in [6.45, 7) is 1.19. The van der Waals surface area contributed by atoms with Crippen LogP contribution in [0.15, 0.2) is 48.5 Å². The first-order chi connectivity index (χ1) is 12.3. The molecule has 0 spiro atoms. The predicted octanol–water partition coefficient (Wildman–Crippen LogP) is 3.00. The van der Waals surface area contributed by atoms with Gasteiger partial charge in [0.1, 0.15) is 11.8 Å². The molecule has 0 radical (unpaired) electrons. The Morgan fingerprint density at radius 3 is 2.88 bits per heavy atom. The quantitative estimate of drug-likeness (QED) is 0.802. The Balaban J connectivity index is 1.48. The number of ether oxygens (including phenoxy) is 1. The van der Waals surface area contributed by atoms with Crippen LogP contribution in [0, 0.1) is 11.3 Å². The van der Waals surface area contributed by atoms with Gasteiger partial charge in [-0.3, -0.25) is 4.79 Å². The highest BCUT2D eigenvalue weighted by molar-refractivity contribution is 5.86. The van der Waals surface area contributed by atoms with Crippen molar-refractivity contribution >= 4 is 16.8 Å². The first kappa shape index (κ1) is 15.3. The summed E-state index contributed by atoms with van der Waals surface area (Å²) in [4.78, 5) is 17.8. The minimum absolute atomic E-state index is 0.0591. The van der Waals surface area contributed by atoms with Crippen molar-refractivity contribution in [3.05, 3.63) is 65.4 Å². The summed E-state index contributed by atoms with van der Waals surface area (Å²) < 4.78 is 5.58. The van der Waals surface area contributed by atoms with Gasteiger partial charge < -0.3 is 14.6 Å². The normalized spacial score (nSPS) is 13.3. The van der Waals surface area contributed by atoms with Crippen molar-refractivity contribution in [3.8, 4) is 11.8 Å². The van der Waals surface area contributed by atoms with Crippen LogP contribution in [0.5, 0.6) is 5.75 Å². The average Bonchev–Trinajstić information content (AvgIpc) is 3.04. The lowest BCUT2D eigenvalue weighted by Crippen LogP contribution is -2.38. The van der Waals surface area contributed by atoms with E-state index in [4.69, 9.17) is 10.00 Å². The maximum atomic E-state index is 12.5. The summed E-state index contributed by atoms with van der Waals surface area (Å²) in [6, 6.07) is 17.2. The molecule has 5 heteroatoms. The Hall–Kier alpha value is -3.26. The number of fused-ring (bicyclic) bond motifs is 3. The predicted molar refractivity (Wildman–Crippen MR) is 94.1 cm³/mol. The number of H-pyrrole nitrogens is 1.